The molecule has 2 rings (SSSR count). The van der Waals surface area contributed by atoms with E-state index >= 15 is 0 Å². The minimum atomic E-state index is -1.07. The second-order valence-electron chi connectivity index (χ2n) is 6.11. The van der Waals surface area contributed by atoms with Gasteiger partial charge in [0.25, 0.3) is 0 Å². The van der Waals surface area contributed by atoms with Crippen LogP contribution in [-0.2, 0) is 4.74 Å². The van der Waals surface area contributed by atoms with Gasteiger partial charge in [0.2, 0.25) is 5.78 Å². The van der Waals surface area contributed by atoms with Crippen LogP contribution in [0.25, 0.3) is 0 Å². The second-order valence-corrected chi connectivity index (χ2v) is 6.11. The Labute approximate surface area is 145 Å². The van der Waals surface area contributed by atoms with Crippen LogP contribution in [0.2, 0.25) is 0 Å². The molecule has 0 saturated heterocycles. The molecule has 0 fully saturated rings. The van der Waals surface area contributed by atoms with E-state index in [9.17, 15) is 19.5 Å². The molecule has 2 aromatic rings. The normalized spacial score (nSPS) is 11.9. The summed E-state index contributed by atoms with van der Waals surface area (Å²) in [5.41, 5.74) is 2.64. The standard InChI is InChI=1S/C19H21NO5/c1-9-6-7-15(22)14(8-9)19(24)25-13(5)18(23)17-10(2)16(12(4)21)11(3)20-17/h6-8,13,20,22H,1-5H3/t13-/m1/s1. The maximum atomic E-state index is 12.6. The average molecular weight is 343 g/mol. The van der Waals surface area contributed by atoms with Gasteiger partial charge in [0, 0.05) is 11.3 Å². The van der Waals surface area contributed by atoms with E-state index in [4.69, 9.17) is 4.74 Å². The molecule has 1 aromatic heterocycles. The first-order valence-electron chi connectivity index (χ1n) is 7.88. The third kappa shape index (κ3) is 3.63. The second kappa shape index (κ2) is 6.93. The number of rotatable bonds is 5. The number of phenolic OH excluding ortho intramolecular Hbond substituents is 1. The zero-order chi connectivity index (χ0) is 18.9. The van der Waals surface area contributed by atoms with Gasteiger partial charge >= 0.3 is 5.97 Å². The van der Waals surface area contributed by atoms with Gasteiger partial charge in [-0.25, -0.2) is 4.79 Å². The molecule has 0 unspecified atom stereocenters. The lowest BCUT2D eigenvalue weighted by Crippen LogP contribution is -2.25. The Balaban J connectivity index is 2.24. The Morgan fingerprint density at radius 3 is 2.36 bits per heavy atom. The van der Waals surface area contributed by atoms with Crippen LogP contribution < -0.4 is 0 Å². The summed E-state index contributed by atoms with van der Waals surface area (Å²) >= 11 is 0. The van der Waals surface area contributed by atoms with Gasteiger partial charge in [0.05, 0.1) is 5.69 Å². The molecule has 132 valence electrons. The monoisotopic (exact) mass is 343 g/mol. The van der Waals surface area contributed by atoms with Crippen molar-refractivity contribution >= 4 is 17.5 Å². The molecule has 0 saturated carbocycles. The van der Waals surface area contributed by atoms with Crippen molar-refractivity contribution in [2.45, 2.75) is 40.7 Å². The summed E-state index contributed by atoms with van der Waals surface area (Å²) in [6, 6.07) is 4.55. The van der Waals surface area contributed by atoms with Gasteiger partial charge in [-0.3, -0.25) is 9.59 Å². The number of aromatic hydroxyl groups is 1. The Morgan fingerprint density at radius 2 is 1.80 bits per heavy atom. The number of nitrogens with one attached hydrogen (secondary N) is 1. The summed E-state index contributed by atoms with van der Waals surface area (Å²) in [6.07, 6.45) is -1.07. The van der Waals surface area contributed by atoms with Gasteiger partial charge in [0.1, 0.15) is 11.3 Å². The molecule has 0 spiro atoms. The summed E-state index contributed by atoms with van der Waals surface area (Å²) in [7, 11) is 0. The van der Waals surface area contributed by atoms with Crippen molar-refractivity contribution < 1.29 is 24.2 Å². The number of phenols is 1. The Kier molecular flexibility index (Phi) is 5.11. The lowest BCUT2D eigenvalue weighted by Gasteiger charge is -2.13. The van der Waals surface area contributed by atoms with E-state index in [-0.39, 0.29) is 22.8 Å². The van der Waals surface area contributed by atoms with Gasteiger partial charge in [0.15, 0.2) is 11.9 Å². The van der Waals surface area contributed by atoms with E-state index in [2.05, 4.69) is 4.98 Å². The van der Waals surface area contributed by atoms with Gasteiger partial charge in [-0.15, -0.1) is 0 Å². The number of hydrogen-bond donors (Lipinski definition) is 2. The summed E-state index contributed by atoms with van der Waals surface area (Å²) in [4.78, 5) is 39.4. The van der Waals surface area contributed by atoms with Crippen LogP contribution >= 0.6 is 0 Å². The van der Waals surface area contributed by atoms with Crippen molar-refractivity contribution in [3.63, 3.8) is 0 Å². The molecule has 0 radical (unpaired) electrons. The highest BCUT2D eigenvalue weighted by Gasteiger charge is 2.27. The van der Waals surface area contributed by atoms with Crippen LogP contribution in [0.4, 0.5) is 0 Å². The van der Waals surface area contributed by atoms with Crippen molar-refractivity contribution in [2.75, 3.05) is 0 Å². The minimum Gasteiger partial charge on any atom is -0.507 e. The molecule has 0 bridgehead atoms. The number of ketones is 2. The molecule has 1 aromatic carbocycles. The predicted octanol–water partition coefficient (Wildman–Crippen LogP) is 3.28. The van der Waals surface area contributed by atoms with Crippen molar-refractivity contribution in [2.24, 2.45) is 0 Å². The molecule has 6 nitrogen and oxygen atoms in total. The lowest BCUT2D eigenvalue weighted by atomic mass is 10.0. The van der Waals surface area contributed by atoms with Crippen molar-refractivity contribution in [1.82, 2.24) is 4.98 Å². The smallest absolute Gasteiger partial charge is 0.342 e. The van der Waals surface area contributed by atoms with E-state index in [1.54, 1.807) is 26.8 Å². The molecule has 2 N–H and O–H groups in total. The number of carbonyl (C=O) groups excluding carboxylic acids is 3. The lowest BCUT2D eigenvalue weighted by molar-refractivity contribution is 0.0314. The van der Waals surface area contributed by atoms with Crippen LogP contribution in [0.3, 0.4) is 0 Å². The molecule has 0 amide bonds. The maximum absolute atomic E-state index is 12.6. The quantitative estimate of drug-likeness (QED) is 0.641. The number of aryl methyl sites for hydroxylation is 2. The first-order valence-corrected chi connectivity index (χ1v) is 7.88. The highest BCUT2D eigenvalue weighted by molar-refractivity contribution is 6.05. The SMILES string of the molecule is CC(=O)c1c(C)[nH]c(C(=O)[C@@H](C)OC(=O)c2cc(C)ccc2O)c1C. The fourth-order valence-electron chi connectivity index (χ4n) is 2.82. The summed E-state index contributed by atoms with van der Waals surface area (Å²) < 4.78 is 5.20. The highest BCUT2D eigenvalue weighted by Crippen LogP contribution is 2.22. The van der Waals surface area contributed by atoms with E-state index < -0.39 is 17.9 Å². The molecule has 1 heterocycles. The summed E-state index contributed by atoms with van der Waals surface area (Å²) in [5.74, 6) is -1.57. The fraction of sp³-hybridized carbons (Fsp3) is 0.316. The Morgan fingerprint density at radius 1 is 1.16 bits per heavy atom. The molecular weight excluding hydrogens is 322 g/mol. The van der Waals surface area contributed by atoms with Crippen LogP contribution in [0, 0.1) is 20.8 Å². The number of carbonyl (C=O) groups is 3. The molecule has 0 aliphatic rings. The number of ether oxygens (including phenoxy) is 1. The largest absolute Gasteiger partial charge is 0.507 e. The summed E-state index contributed by atoms with van der Waals surface area (Å²) in [5, 5.41) is 9.79. The number of aromatic amines is 1. The molecule has 0 aliphatic carbocycles. The average Bonchev–Trinajstić information content (AvgIpc) is 2.83. The number of H-pyrrole nitrogens is 1. The Bertz CT molecular complexity index is 863. The maximum Gasteiger partial charge on any atom is 0.342 e. The van der Waals surface area contributed by atoms with E-state index in [1.165, 1.54) is 26.0 Å². The molecule has 25 heavy (non-hydrogen) atoms. The third-order valence-electron chi connectivity index (χ3n) is 4.06. The topological polar surface area (TPSA) is 96.5 Å². The van der Waals surface area contributed by atoms with Crippen LogP contribution in [0.1, 0.15) is 61.9 Å². The van der Waals surface area contributed by atoms with E-state index in [0.717, 1.165) is 5.56 Å². The van der Waals surface area contributed by atoms with Crippen LogP contribution in [-0.4, -0.2) is 33.7 Å². The van der Waals surface area contributed by atoms with Crippen LogP contribution in [0.5, 0.6) is 5.75 Å². The fourth-order valence-corrected chi connectivity index (χ4v) is 2.82. The van der Waals surface area contributed by atoms with E-state index in [1.807, 2.05) is 0 Å². The van der Waals surface area contributed by atoms with Crippen LogP contribution in [0.15, 0.2) is 18.2 Å². The van der Waals surface area contributed by atoms with Crippen molar-refractivity contribution in [1.29, 1.82) is 0 Å². The van der Waals surface area contributed by atoms with E-state index in [0.29, 0.717) is 16.8 Å². The first-order chi connectivity index (χ1) is 11.6. The Hall–Kier alpha value is -2.89. The first kappa shape index (κ1) is 18.4. The zero-order valence-electron chi connectivity index (χ0n) is 14.9. The highest BCUT2D eigenvalue weighted by atomic mass is 16.5. The number of hydrogen-bond acceptors (Lipinski definition) is 5. The predicted molar refractivity (Wildman–Crippen MR) is 92.3 cm³/mol. The zero-order valence-corrected chi connectivity index (χ0v) is 14.9. The van der Waals surface area contributed by atoms with Gasteiger partial charge < -0.3 is 14.8 Å². The minimum absolute atomic E-state index is 0.00321. The number of Topliss-reactive ketones (excluding diaryl/α,β-unsaturated/α-hetero) is 2. The molecule has 1 atom stereocenters. The van der Waals surface area contributed by atoms with Gasteiger partial charge in [-0.2, -0.15) is 0 Å². The number of esters is 1. The summed E-state index contributed by atoms with van der Waals surface area (Å²) in [6.45, 7) is 8.05. The molecular formula is C19H21NO5. The molecule has 6 heteroatoms. The third-order valence-corrected chi connectivity index (χ3v) is 4.06. The van der Waals surface area contributed by atoms with Gasteiger partial charge in [-0.1, -0.05) is 11.6 Å². The number of benzene rings is 1. The van der Waals surface area contributed by atoms with Crippen molar-refractivity contribution in [3.8, 4) is 5.75 Å². The number of aromatic nitrogens is 1. The molecule has 0 aliphatic heterocycles. The van der Waals surface area contributed by atoms with Gasteiger partial charge in [-0.05, 0) is 52.3 Å². The van der Waals surface area contributed by atoms with Crippen molar-refractivity contribution in [3.05, 3.63) is 51.8 Å².